The normalized spacial score (nSPS) is 34.2. The molecule has 4 N–H and O–H groups in total. The van der Waals surface area contributed by atoms with E-state index in [1.807, 2.05) is 0 Å². The average molecular weight is 216 g/mol. The van der Waals surface area contributed by atoms with Gasteiger partial charge in [-0.05, 0) is 6.42 Å². The van der Waals surface area contributed by atoms with Gasteiger partial charge in [0, 0.05) is 18.9 Å². The number of carboxylic acid groups (broad SMARTS) is 1. The van der Waals surface area contributed by atoms with Crippen LogP contribution in [0.1, 0.15) is 19.3 Å². The second kappa shape index (κ2) is 3.96. The highest BCUT2D eigenvalue weighted by Crippen LogP contribution is 2.35. The predicted octanol–water partition coefficient (Wildman–Crippen LogP) is -0.123. The van der Waals surface area contributed by atoms with Gasteiger partial charge in [0.05, 0.1) is 19.3 Å². The minimum Gasteiger partial charge on any atom is -0.465 e. The van der Waals surface area contributed by atoms with Gasteiger partial charge >= 0.3 is 6.09 Å². The van der Waals surface area contributed by atoms with Crippen LogP contribution in [0, 0.1) is 0 Å². The second-order valence-electron chi connectivity index (χ2n) is 4.07. The molecule has 86 valence electrons. The lowest BCUT2D eigenvalue weighted by atomic mass is 9.86. The van der Waals surface area contributed by atoms with Crippen molar-refractivity contribution in [3.05, 3.63) is 0 Å². The molecular formula is C9H16N2O4. The Labute approximate surface area is 87.7 Å². The highest BCUT2D eigenvalue weighted by molar-refractivity contribution is 5.65. The lowest BCUT2D eigenvalue weighted by Gasteiger charge is -2.39. The predicted molar refractivity (Wildman–Crippen MR) is 51.4 cm³/mol. The van der Waals surface area contributed by atoms with E-state index in [9.17, 15) is 4.79 Å². The van der Waals surface area contributed by atoms with Gasteiger partial charge in [0.2, 0.25) is 0 Å². The molecule has 6 heteroatoms. The van der Waals surface area contributed by atoms with Crippen molar-refractivity contribution in [1.82, 2.24) is 5.32 Å². The van der Waals surface area contributed by atoms with Crippen LogP contribution in [0.5, 0.6) is 0 Å². The fourth-order valence-corrected chi connectivity index (χ4v) is 2.25. The summed E-state index contributed by atoms with van der Waals surface area (Å²) in [4.78, 5) is 10.6. The molecule has 15 heavy (non-hydrogen) atoms. The standard InChI is InChI=1S/C9H16N2O4/c10-6-1-2-9(14-3-4-15-9)5-7(6)11-8(12)13/h6-7,11H,1-5,10H2,(H,12,13). The molecule has 2 rings (SSSR count). The fourth-order valence-electron chi connectivity index (χ4n) is 2.25. The monoisotopic (exact) mass is 216 g/mol. The van der Waals surface area contributed by atoms with E-state index in [1.165, 1.54) is 0 Å². The number of rotatable bonds is 1. The minimum atomic E-state index is -1.05. The molecule has 2 fully saturated rings. The molecule has 0 aromatic heterocycles. The number of hydrogen-bond donors (Lipinski definition) is 3. The molecule has 1 heterocycles. The van der Waals surface area contributed by atoms with E-state index in [-0.39, 0.29) is 12.1 Å². The van der Waals surface area contributed by atoms with Gasteiger partial charge in [-0.3, -0.25) is 0 Å². The molecule has 1 amide bonds. The molecule has 2 aliphatic rings. The van der Waals surface area contributed by atoms with Crippen molar-refractivity contribution in [3.8, 4) is 0 Å². The van der Waals surface area contributed by atoms with E-state index >= 15 is 0 Å². The van der Waals surface area contributed by atoms with Crippen LogP contribution in [-0.2, 0) is 9.47 Å². The van der Waals surface area contributed by atoms with Gasteiger partial charge < -0.3 is 25.6 Å². The summed E-state index contributed by atoms with van der Waals surface area (Å²) in [5.41, 5.74) is 5.84. The van der Waals surface area contributed by atoms with Crippen LogP contribution in [0.3, 0.4) is 0 Å². The zero-order chi connectivity index (χ0) is 10.9. The quantitative estimate of drug-likeness (QED) is 0.568. The van der Waals surface area contributed by atoms with Crippen LogP contribution in [-0.4, -0.2) is 42.3 Å². The Morgan fingerprint density at radius 1 is 1.47 bits per heavy atom. The maximum absolute atomic E-state index is 10.6. The number of ether oxygens (including phenoxy) is 2. The molecule has 0 aromatic carbocycles. The van der Waals surface area contributed by atoms with Crippen LogP contribution < -0.4 is 11.1 Å². The number of amides is 1. The summed E-state index contributed by atoms with van der Waals surface area (Å²) in [5.74, 6) is -0.594. The summed E-state index contributed by atoms with van der Waals surface area (Å²) in [6.07, 6.45) is 0.905. The summed E-state index contributed by atoms with van der Waals surface area (Å²) in [5, 5.41) is 11.1. The zero-order valence-corrected chi connectivity index (χ0v) is 8.44. The Morgan fingerprint density at radius 2 is 2.13 bits per heavy atom. The molecule has 6 nitrogen and oxygen atoms in total. The number of carbonyl (C=O) groups is 1. The first kappa shape index (κ1) is 10.7. The van der Waals surface area contributed by atoms with Crippen LogP contribution in [0.25, 0.3) is 0 Å². The molecule has 1 aliphatic heterocycles. The van der Waals surface area contributed by atoms with E-state index in [1.54, 1.807) is 0 Å². The van der Waals surface area contributed by atoms with E-state index in [4.69, 9.17) is 20.3 Å². The zero-order valence-electron chi connectivity index (χ0n) is 8.44. The van der Waals surface area contributed by atoms with E-state index in [0.717, 1.165) is 6.42 Å². The largest absolute Gasteiger partial charge is 0.465 e. The summed E-state index contributed by atoms with van der Waals surface area (Å²) in [6.45, 7) is 1.16. The third-order valence-corrected chi connectivity index (χ3v) is 3.03. The van der Waals surface area contributed by atoms with E-state index in [0.29, 0.717) is 26.1 Å². The molecule has 0 bridgehead atoms. The number of hydrogen-bond acceptors (Lipinski definition) is 4. The molecule has 1 saturated heterocycles. The molecular weight excluding hydrogens is 200 g/mol. The lowest BCUT2D eigenvalue weighted by Crippen LogP contribution is -2.56. The highest BCUT2D eigenvalue weighted by Gasteiger charge is 2.44. The molecule has 2 atom stereocenters. The van der Waals surface area contributed by atoms with Crippen molar-refractivity contribution in [3.63, 3.8) is 0 Å². The van der Waals surface area contributed by atoms with Gasteiger partial charge in [0.1, 0.15) is 0 Å². The Kier molecular flexibility index (Phi) is 2.81. The first-order valence-electron chi connectivity index (χ1n) is 5.14. The molecule has 1 saturated carbocycles. The van der Waals surface area contributed by atoms with Crippen LogP contribution in [0.2, 0.25) is 0 Å². The summed E-state index contributed by atoms with van der Waals surface area (Å²) in [6, 6.07) is -0.436. The topological polar surface area (TPSA) is 93.8 Å². The van der Waals surface area contributed by atoms with Crippen molar-refractivity contribution in [2.24, 2.45) is 5.73 Å². The van der Waals surface area contributed by atoms with Crippen molar-refractivity contribution in [1.29, 1.82) is 0 Å². The Morgan fingerprint density at radius 3 is 2.73 bits per heavy atom. The molecule has 1 spiro atoms. The van der Waals surface area contributed by atoms with Crippen molar-refractivity contribution in [2.75, 3.05) is 13.2 Å². The SMILES string of the molecule is NC1CCC2(CC1NC(=O)O)OCCO2. The third kappa shape index (κ3) is 2.22. The summed E-state index contributed by atoms with van der Waals surface area (Å²) in [7, 11) is 0. The minimum absolute atomic E-state index is 0.153. The van der Waals surface area contributed by atoms with Gasteiger partial charge in [-0.15, -0.1) is 0 Å². The van der Waals surface area contributed by atoms with E-state index < -0.39 is 11.9 Å². The maximum atomic E-state index is 10.6. The molecule has 1 aliphatic carbocycles. The number of nitrogens with one attached hydrogen (secondary N) is 1. The first-order valence-corrected chi connectivity index (χ1v) is 5.14. The van der Waals surface area contributed by atoms with Crippen molar-refractivity contribution < 1.29 is 19.4 Å². The molecule has 0 radical (unpaired) electrons. The molecule has 0 aromatic rings. The van der Waals surface area contributed by atoms with Gasteiger partial charge in [0.15, 0.2) is 5.79 Å². The third-order valence-electron chi connectivity index (χ3n) is 3.03. The summed E-state index contributed by atoms with van der Waals surface area (Å²) < 4.78 is 11.1. The van der Waals surface area contributed by atoms with Crippen molar-refractivity contribution >= 4 is 6.09 Å². The lowest BCUT2D eigenvalue weighted by molar-refractivity contribution is -0.183. The highest BCUT2D eigenvalue weighted by atomic mass is 16.7. The Balaban J connectivity index is 2.00. The first-order chi connectivity index (χ1) is 7.11. The molecule has 2 unspecified atom stereocenters. The smallest absolute Gasteiger partial charge is 0.404 e. The van der Waals surface area contributed by atoms with Crippen LogP contribution in [0.15, 0.2) is 0 Å². The average Bonchev–Trinajstić information content (AvgIpc) is 2.60. The van der Waals surface area contributed by atoms with E-state index in [2.05, 4.69) is 5.32 Å². The van der Waals surface area contributed by atoms with Crippen LogP contribution in [0.4, 0.5) is 4.79 Å². The van der Waals surface area contributed by atoms with Crippen molar-refractivity contribution in [2.45, 2.75) is 37.1 Å². The second-order valence-corrected chi connectivity index (χ2v) is 4.07. The Bertz CT molecular complexity index is 252. The van der Waals surface area contributed by atoms with Gasteiger partial charge in [0.25, 0.3) is 0 Å². The van der Waals surface area contributed by atoms with Gasteiger partial charge in [-0.1, -0.05) is 0 Å². The Hall–Kier alpha value is -0.850. The fraction of sp³-hybridized carbons (Fsp3) is 0.889. The summed E-state index contributed by atoms with van der Waals surface area (Å²) >= 11 is 0. The van der Waals surface area contributed by atoms with Gasteiger partial charge in [-0.25, -0.2) is 4.79 Å². The van der Waals surface area contributed by atoms with Gasteiger partial charge in [-0.2, -0.15) is 0 Å². The van der Waals surface area contributed by atoms with Crippen LogP contribution >= 0.6 is 0 Å². The number of nitrogens with two attached hydrogens (primary N) is 1. The maximum Gasteiger partial charge on any atom is 0.404 e.